The number of nitrogens with one attached hydrogen (secondary N) is 3. The highest BCUT2D eigenvalue weighted by molar-refractivity contribution is 5.99. The lowest BCUT2D eigenvalue weighted by molar-refractivity contribution is -0.116. The molecular weight excluding hydrogens is 583 g/mol. The normalized spacial score (nSPS) is 13.7. The van der Waals surface area contributed by atoms with Gasteiger partial charge in [0.05, 0.1) is 34.5 Å². The lowest BCUT2D eigenvalue weighted by atomic mass is 10.1. The van der Waals surface area contributed by atoms with Crippen LogP contribution >= 0.6 is 0 Å². The van der Waals surface area contributed by atoms with Gasteiger partial charge < -0.3 is 15.0 Å². The summed E-state index contributed by atoms with van der Waals surface area (Å²) in [5, 5.41) is 11.4. The summed E-state index contributed by atoms with van der Waals surface area (Å²) in [7, 11) is 0. The number of aromatic amines is 2. The monoisotopic (exact) mass is 618 g/mol. The number of amides is 1. The molecule has 7 rings (SSSR count). The second kappa shape index (κ2) is 12.7. The molecule has 1 saturated heterocycles. The number of hydrogen-bond acceptors (Lipinski definition) is 7. The molecule has 0 spiro atoms. The van der Waals surface area contributed by atoms with Crippen LogP contribution in [-0.2, 0) is 4.79 Å². The highest BCUT2D eigenvalue weighted by Crippen LogP contribution is 2.34. The van der Waals surface area contributed by atoms with Crippen LogP contribution in [0, 0.1) is 11.7 Å². The van der Waals surface area contributed by atoms with Crippen LogP contribution in [0.1, 0.15) is 33.1 Å². The molecule has 1 fully saturated rings. The summed E-state index contributed by atoms with van der Waals surface area (Å²) in [5.74, 6) is 0.306. The maximum absolute atomic E-state index is 14.8. The minimum atomic E-state index is -0.378. The van der Waals surface area contributed by atoms with Crippen LogP contribution in [-0.4, -0.2) is 67.2 Å². The summed E-state index contributed by atoms with van der Waals surface area (Å²) < 4.78 is 20.7. The van der Waals surface area contributed by atoms with Gasteiger partial charge in [-0.3, -0.25) is 24.8 Å². The third-order valence-electron chi connectivity index (χ3n) is 8.14. The minimum Gasteiger partial charge on any atom is -0.492 e. The van der Waals surface area contributed by atoms with E-state index in [-0.39, 0.29) is 17.6 Å². The molecule has 10 nitrogen and oxygen atoms in total. The number of H-pyrrole nitrogens is 2. The zero-order valence-electron chi connectivity index (χ0n) is 25.8. The average molecular weight is 619 g/mol. The fourth-order valence-electron chi connectivity index (χ4n) is 5.97. The SMILES string of the molecule is CC(C)CC(=O)Nc1cncc(-c2ccc3[nH]nc(-c4cc5c(-c6cc(F)cc(OCCN7CCCC7)c6)nccc5[nH]4)c3n2)c1. The zero-order valence-corrected chi connectivity index (χ0v) is 25.8. The molecule has 6 aromatic rings. The first-order valence-corrected chi connectivity index (χ1v) is 15.6. The fourth-order valence-corrected chi connectivity index (χ4v) is 5.97. The van der Waals surface area contributed by atoms with Crippen molar-refractivity contribution in [1.29, 1.82) is 0 Å². The van der Waals surface area contributed by atoms with Crippen LogP contribution < -0.4 is 10.1 Å². The molecule has 1 aliphatic rings. The third-order valence-corrected chi connectivity index (χ3v) is 8.14. The Kier molecular flexibility index (Phi) is 8.15. The largest absolute Gasteiger partial charge is 0.492 e. The second-order valence-corrected chi connectivity index (χ2v) is 12.1. The summed E-state index contributed by atoms with van der Waals surface area (Å²) in [6.45, 7) is 7.51. The van der Waals surface area contributed by atoms with Crippen molar-refractivity contribution in [3.8, 4) is 39.7 Å². The summed E-state index contributed by atoms with van der Waals surface area (Å²) in [4.78, 5) is 32.0. The molecule has 3 N–H and O–H groups in total. The van der Waals surface area contributed by atoms with Crippen molar-refractivity contribution >= 4 is 33.5 Å². The number of pyridine rings is 3. The Morgan fingerprint density at radius 1 is 1.02 bits per heavy atom. The van der Waals surface area contributed by atoms with Gasteiger partial charge in [0, 0.05) is 53.5 Å². The summed E-state index contributed by atoms with van der Waals surface area (Å²) >= 11 is 0. The van der Waals surface area contributed by atoms with Gasteiger partial charge in [-0.2, -0.15) is 5.10 Å². The Hall–Kier alpha value is -5.16. The number of ether oxygens (including phenoxy) is 1. The molecule has 0 atom stereocenters. The first kappa shape index (κ1) is 29.5. The van der Waals surface area contributed by atoms with E-state index in [0.717, 1.165) is 47.3 Å². The molecule has 1 aromatic carbocycles. The van der Waals surface area contributed by atoms with E-state index < -0.39 is 0 Å². The zero-order chi connectivity index (χ0) is 31.6. The predicted molar refractivity (Wildman–Crippen MR) is 177 cm³/mol. The molecule has 234 valence electrons. The van der Waals surface area contributed by atoms with Crippen molar-refractivity contribution in [1.82, 2.24) is 35.0 Å². The quantitative estimate of drug-likeness (QED) is 0.154. The van der Waals surface area contributed by atoms with Gasteiger partial charge in [-0.05, 0) is 74.3 Å². The van der Waals surface area contributed by atoms with Crippen molar-refractivity contribution in [2.24, 2.45) is 5.92 Å². The molecule has 0 saturated carbocycles. The summed E-state index contributed by atoms with van der Waals surface area (Å²) in [6.07, 6.45) is 7.92. The lowest BCUT2D eigenvalue weighted by Gasteiger charge is -2.15. The number of benzene rings is 1. The maximum Gasteiger partial charge on any atom is 0.224 e. The van der Waals surface area contributed by atoms with E-state index in [1.807, 2.05) is 50.2 Å². The van der Waals surface area contributed by atoms with Gasteiger partial charge in [0.1, 0.15) is 29.4 Å². The molecule has 1 aliphatic heterocycles. The van der Waals surface area contributed by atoms with Crippen LogP contribution in [0.25, 0.3) is 55.8 Å². The van der Waals surface area contributed by atoms with Gasteiger partial charge in [0.2, 0.25) is 5.91 Å². The van der Waals surface area contributed by atoms with Crippen molar-refractivity contribution in [3.63, 3.8) is 0 Å². The molecule has 11 heteroatoms. The standard InChI is InChI=1S/C35H35FN8O2/c1-21(2)13-32(45)39-25-15-23(19-37-20-25)28-5-6-30-34(41-28)35(43-42-30)31-18-27-29(40-31)7-8-38-33(27)22-14-24(36)17-26(16-22)46-12-11-44-9-3-4-10-44/h5-8,14-21,40H,3-4,9-13H2,1-2H3,(H,39,45)(H,42,43). The topological polar surface area (TPSA) is 125 Å². The van der Waals surface area contributed by atoms with Crippen LogP contribution in [0.4, 0.5) is 10.1 Å². The predicted octanol–water partition coefficient (Wildman–Crippen LogP) is 6.83. The van der Waals surface area contributed by atoms with Gasteiger partial charge in [-0.15, -0.1) is 0 Å². The Morgan fingerprint density at radius 2 is 1.89 bits per heavy atom. The van der Waals surface area contributed by atoms with E-state index in [2.05, 4.69) is 35.4 Å². The average Bonchev–Trinajstić information content (AvgIpc) is 3.80. The van der Waals surface area contributed by atoms with E-state index in [9.17, 15) is 9.18 Å². The number of anilines is 1. The molecular formula is C35H35FN8O2. The van der Waals surface area contributed by atoms with Crippen LogP contribution in [0.3, 0.4) is 0 Å². The molecule has 5 aromatic heterocycles. The Balaban J connectivity index is 1.18. The molecule has 0 unspecified atom stereocenters. The number of likely N-dealkylation sites (tertiary alicyclic amines) is 1. The Morgan fingerprint density at radius 3 is 2.74 bits per heavy atom. The van der Waals surface area contributed by atoms with Crippen molar-refractivity contribution in [2.45, 2.75) is 33.1 Å². The molecule has 0 bridgehead atoms. The number of hydrogen-bond donors (Lipinski definition) is 3. The Bertz CT molecular complexity index is 2030. The molecule has 1 amide bonds. The van der Waals surface area contributed by atoms with Gasteiger partial charge in [-0.1, -0.05) is 13.8 Å². The highest BCUT2D eigenvalue weighted by atomic mass is 19.1. The summed E-state index contributed by atoms with van der Waals surface area (Å²) in [5.41, 5.74) is 7.00. The minimum absolute atomic E-state index is 0.0540. The van der Waals surface area contributed by atoms with E-state index in [1.54, 1.807) is 18.6 Å². The maximum atomic E-state index is 14.8. The molecule has 6 heterocycles. The van der Waals surface area contributed by atoms with Crippen LogP contribution in [0.2, 0.25) is 0 Å². The first-order chi connectivity index (χ1) is 22.4. The highest BCUT2D eigenvalue weighted by Gasteiger charge is 2.18. The number of carbonyl (C=O) groups excluding carboxylic acids is 1. The number of carbonyl (C=O) groups is 1. The van der Waals surface area contributed by atoms with Crippen LogP contribution in [0.15, 0.2) is 67.1 Å². The smallest absolute Gasteiger partial charge is 0.224 e. The first-order valence-electron chi connectivity index (χ1n) is 15.6. The summed E-state index contributed by atoms with van der Waals surface area (Å²) in [6, 6.07) is 14.3. The van der Waals surface area contributed by atoms with E-state index in [1.165, 1.54) is 25.0 Å². The molecule has 46 heavy (non-hydrogen) atoms. The van der Waals surface area contributed by atoms with E-state index in [4.69, 9.17) is 9.72 Å². The van der Waals surface area contributed by atoms with E-state index >= 15 is 0 Å². The third kappa shape index (κ3) is 6.32. The molecule has 0 aliphatic carbocycles. The lowest BCUT2D eigenvalue weighted by Crippen LogP contribution is -2.25. The number of rotatable bonds is 10. The number of fused-ring (bicyclic) bond motifs is 2. The van der Waals surface area contributed by atoms with Gasteiger partial charge in [0.25, 0.3) is 0 Å². The van der Waals surface area contributed by atoms with Crippen molar-refractivity contribution in [3.05, 3.63) is 72.9 Å². The van der Waals surface area contributed by atoms with Crippen LogP contribution in [0.5, 0.6) is 5.75 Å². The fraction of sp³-hybridized carbons (Fsp3) is 0.286. The van der Waals surface area contributed by atoms with Crippen molar-refractivity contribution < 1.29 is 13.9 Å². The van der Waals surface area contributed by atoms with Gasteiger partial charge in [-0.25, -0.2) is 9.37 Å². The Labute approximate surface area is 265 Å². The van der Waals surface area contributed by atoms with Crippen molar-refractivity contribution in [2.75, 3.05) is 31.6 Å². The van der Waals surface area contributed by atoms with Gasteiger partial charge >= 0.3 is 0 Å². The second-order valence-electron chi connectivity index (χ2n) is 12.1. The number of nitrogens with zero attached hydrogens (tertiary/aromatic N) is 5. The van der Waals surface area contributed by atoms with E-state index in [0.29, 0.717) is 52.6 Å². The van der Waals surface area contributed by atoms with Gasteiger partial charge in [0.15, 0.2) is 0 Å². The number of aromatic nitrogens is 6. The number of halogens is 1. The molecule has 0 radical (unpaired) electrons.